The Bertz CT molecular complexity index is 907. The number of nitrogens with zero attached hydrogens (tertiary/aromatic N) is 3. The first-order valence-corrected chi connectivity index (χ1v) is 8.28. The third kappa shape index (κ3) is 3.69. The Balaban J connectivity index is 1.99. The zero-order chi connectivity index (χ0) is 18.7. The van der Waals surface area contributed by atoms with Crippen LogP contribution in [0.15, 0.2) is 42.0 Å². The number of halogens is 3. The lowest BCUT2D eigenvalue weighted by Gasteiger charge is -2.10. The largest absolute Gasteiger partial charge is 0.461 e. The number of esters is 1. The summed E-state index contributed by atoms with van der Waals surface area (Å²) in [6, 6.07) is 4.34. The Morgan fingerprint density at radius 1 is 1.35 bits per heavy atom. The van der Waals surface area contributed by atoms with Gasteiger partial charge in [-0.3, -0.25) is 0 Å². The maximum Gasteiger partial charge on any atom is 0.416 e. The fraction of sp³-hybridized carbons (Fsp3) is 0.188. The number of carbonyl (C=O) groups excluding carboxylic acids is 1. The van der Waals surface area contributed by atoms with Gasteiger partial charge in [-0.2, -0.15) is 23.0 Å². The fourth-order valence-corrected chi connectivity index (χ4v) is 2.73. The van der Waals surface area contributed by atoms with Gasteiger partial charge in [0.2, 0.25) is 5.13 Å². The van der Waals surface area contributed by atoms with Crippen LogP contribution in [-0.4, -0.2) is 27.3 Å². The van der Waals surface area contributed by atoms with Crippen molar-refractivity contribution in [2.45, 2.75) is 13.1 Å². The summed E-state index contributed by atoms with van der Waals surface area (Å²) in [7, 11) is 0. The summed E-state index contributed by atoms with van der Waals surface area (Å²) in [5, 5.41) is 6.13. The van der Waals surface area contributed by atoms with Gasteiger partial charge in [0.15, 0.2) is 11.4 Å². The van der Waals surface area contributed by atoms with E-state index in [1.165, 1.54) is 40.5 Å². The highest BCUT2D eigenvalue weighted by Gasteiger charge is 2.31. The third-order valence-corrected chi connectivity index (χ3v) is 3.94. The molecule has 0 amide bonds. The quantitative estimate of drug-likeness (QED) is 0.614. The molecule has 0 radical (unpaired) electrons. The van der Waals surface area contributed by atoms with Gasteiger partial charge in [-0.25, -0.2) is 9.78 Å². The molecular weight excluding hydrogens is 371 g/mol. The minimum atomic E-state index is -4.51. The topological polar surface area (TPSA) is 66.2 Å². The van der Waals surface area contributed by atoms with Crippen LogP contribution in [0.3, 0.4) is 0 Å². The molecule has 26 heavy (non-hydrogen) atoms. The Morgan fingerprint density at radius 3 is 2.81 bits per heavy atom. The van der Waals surface area contributed by atoms with Crippen LogP contribution < -0.4 is 4.74 Å². The van der Waals surface area contributed by atoms with Crippen molar-refractivity contribution < 1.29 is 27.4 Å². The van der Waals surface area contributed by atoms with Crippen molar-refractivity contribution in [3.8, 4) is 16.6 Å². The summed E-state index contributed by atoms with van der Waals surface area (Å²) in [6.45, 7) is 1.75. The van der Waals surface area contributed by atoms with Crippen LogP contribution in [-0.2, 0) is 10.9 Å². The molecule has 0 aliphatic heterocycles. The monoisotopic (exact) mass is 383 g/mol. The Labute approximate surface area is 149 Å². The number of hydrogen-bond acceptors (Lipinski definition) is 6. The molecule has 2 aromatic heterocycles. The summed E-state index contributed by atoms with van der Waals surface area (Å²) in [5.74, 6) is -0.829. The van der Waals surface area contributed by atoms with Crippen molar-refractivity contribution in [1.82, 2.24) is 14.8 Å². The molecule has 0 fully saturated rings. The number of carbonyl (C=O) groups is 1. The van der Waals surface area contributed by atoms with Crippen molar-refractivity contribution in [3.63, 3.8) is 0 Å². The van der Waals surface area contributed by atoms with Gasteiger partial charge in [-0.1, -0.05) is 6.07 Å². The van der Waals surface area contributed by atoms with Crippen LogP contribution in [0.5, 0.6) is 11.5 Å². The van der Waals surface area contributed by atoms with Gasteiger partial charge in [0, 0.05) is 11.6 Å². The van der Waals surface area contributed by atoms with Crippen LogP contribution in [0.4, 0.5) is 13.2 Å². The van der Waals surface area contributed by atoms with Gasteiger partial charge in [0.1, 0.15) is 5.75 Å². The predicted octanol–water partition coefficient (Wildman–Crippen LogP) is 4.32. The molecule has 0 aliphatic carbocycles. The first-order valence-electron chi connectivity index (χ1n) is 7.40. The number of thiazole rings is 1. The van der Waals surface area contributed by atoms with Gasteiger partial charge in [-0.15, -0.1) is 11.3 Å². The summed E-state index contributed by atoms with van der Waals surface area (Å²) < 4.78 is 50.3. The van der Waals surface area contributed by atoms with E-state index < -0.39 is 17.7 Å². The number of alkyl halides is 3. The molecule has 0 saturated carbocycles. The highest BCUT2D eigenvalue weighted by molar-refractivity contribution is 7.12. The third-order valence-electron chi connectivity index (χ3n) is 3.19. The van der Waals surface area contributed by atoms with Gasteiger partial charge in [0.05, 0.1) is 18.4 Å². The highest BCUT2D eigenvalue weighted by atomic mass is 32.1. The SMILES string of the molecule is CCOC(=O)c1c(Oc2cccc(C(F)(F)F)c2)cnn1-c1nccs1. The summed E-state index contributed by atoms with van der Waals surface area (Å²) >= 11 is 1.23. The summed E-state index contributed by atoms with van der Waals surface area (Å²) in [5.41, 5.74) is -0.917. The first-order chi connectivity index (χ1) is 12.4. The molecule has 2 heterocycles. The van der Waals surface area contributed by atoms with E-state index >= 15 is 0 Å². The zero-order valence-corrected chi connectivity index (χ0v) is 14.2. The van der Waals surface area contributed by atoms with Gasteiger partial charge >= 0.3 is 12.1 Å². The van der Waals surface area contributed by atoms with Crippen LogP contribution in [0.25, 0.3) is 5.13 Å². The van der Waals surface area contributed by atoms with Crippen molar-refractivity contribution >= 4 is 17.3 Å². The van der Waals surface area contributed by atoms with Gasteiger partial charge in [0.25, 0.3) is 0 Å². The number of hydrogen-bond donors (Lipinski definition) is 0. The van der Waals surface area contributed by atoms with Crippen molar-refractivity contribution in [1.29, 1.82) is 0 Å². The van der Waals surface area contributed by atoms with E-state index in [0.717, 1.165) is 12.1 Å². The number of rotatable bonds is 5. The standard InChI is InChI=1S/C16H12F3N3O3S/c1-2-24-14(23)13-12(9-21-22(13)15-20-6-7-26-15)25-11-5-3-4-10(8-11)16(17,18)19/h3-9H,2H2,1H3. The van der Waals surface area contributed by atoms with E-state index in [1.807, 2.05) is 0 Å². The average Bonchev–Trinajstić information content (AvgIpc) is 3.23. The predicted molar refractivity (Wildman–Crippen MR) is 86.7 cm³/mol. The van der Waals surface area contributed by atoms with E-state index in [1.54, 1.807) is 12.3 Å². The van der Waals surface area contributed by atoms with E-state index in [0.29, 0.717) is 5.13 Å². The zero-order valence-electron chi connectivity index (χ0n) is 13.4. The number of aromatic nitrogens is 3. The van der Waals surface area contributed by atoms with Gasteiger partial charge in [-0.05, 0) is 25.1 Å². The molecule has 0 aliphatic rings. The van der Waals surface area contributed by atoms with Crippen LogP contribution >= 0.6 is 11.3 Å². The maximum atomic E-state index is 12.9. The summed E-state index contributed by atoms with van der Waals surface area (Å²) in [4.78, 5) is 16.4. The van der Waals surface area contributed by atoms with Crippen LogP contribution in [0.2, 0.25) is 0 Å². The van der Waals surface area contributed by atoms with Crippen molar-refractivity contribution in [2.75, 3.05) is 6.61 Å². The smallest absolute Gasteiger partial charge is 0.416 e. The fourth-order valence-electron chi connectivity index (χ4n) is 2.12. The maximum absolute atomic E-state index is 12.9. The normalized spacial score (nSPS) is 11.4. The molecule has 136 valence electrons. The van der Waals surface area contributed by atoms with E-state index in [9.17, 15) is 18.0 Å². The Hall–Kier alpha value is -2.88. The van der Waals surface area contributed by atoms with E-state index in [-0.39, 0.29) is 23.8 Å². The molecule has 0 saturated heterocycles. The molecule has 3 rings (SSSR count). The molecule has 10 heteroatoms. The molecule has 6 nitrogen and oxygen atoms in total. The second kappa shape index (κ2) is 7.16. The second-order valence-electron chi connectivity index (χ2n) is 4.93. The van der Waals surface area contributed by atoms with Crippen molar-refractivity contribution in [3.05, 3.63) is 53.3 Å². The molecule has 0 unspecified atom stereocenters. The molecule has 0 bridgehead atoms. The van der Waals surface area contributed by atoms with Gasteiger partial charge < -0.3 is 9.47 Å². The lowest BCUT2D eigenvalue weighted by atomic mass is 10.2. The Morgan fingerprint density at radius 2 is 2.15 bits per heavy atom. The lowest BCUT2D eigenvalue weighted by molar-refractivity contribution is -0.137. The summed E-state index contributed by atoms with van der Waals surface area (Å²) in [6.07, 6.45) is -1.74. The van der Waals surface area contributed by atoms with Crippen molar-refractivity contribution in [2.24, 2.45) is 0 Å². The number of ether oxygens (including phenoxy) is 2. The number of benzene rings is 1. The molecule has 3 aromatic rings. The van der Waals surface area contributed by atoms with E-state index in [4.69, 9.17) is 9.47 Å². The molecule has 0 N–H and O–H groups in total. The average molecular weight is 383 g/mol. The molecule has 0 spiro atoms. The van der Waals surface area contributed by atoms with E-state index in [2.05, 4.69) is 10.1 Å². The molecular formula is C16H12F3N3O3S. The minimum absolute atomic E-state index is 0.0297. The van der Waals surface area contributed by atoms with Crippen LogP contribution in [0, 0.1) is 0 Å². The first kappa shape index (κ1) is 17.9. The second-order valence-corrected chi connectivity index (χ2v) is 5.81. The Kier molecular flexibility index (Phi) is 4.94. The molecule has 1 aromatic carbocycles. The highest BCUT2D eigenvalue weighted by Crippen LogP contribution is 2.34. The van der Waals surface area contributed by atoms with Crippen LogP contribution in [0.1, 0.15) is 23.0 Å². The minimum Gasteiger partial charge on any atom is -0.461 e. The molecule has 0 atom stereocenters. The lowest BCUT2D eigenvalue weighted by Crippen LogP contribution is -2.13.